The van der Waals surface area contributed by atoms with Gasteiger partial charge in [-0.25, -0.2) is 32.3 Å². The van der Waals surface area contributed by atoms with Crippen molar-refractivity contribution in [3.63, 3.8) is 0 Å². The largest absolute Gasteiger partial charge is 0.478 e. The van der Waals surface area contributed by atoms with Crippen molar-refractivity contribution in [2.45, 2.75) is 64.2 Å². The second-order valence-corrected chi connectivity index (χ2v) is 21.3. The third-order valence-corrected chi connectivity index (χ3v) is 15.6. The van der Waals surface area contributed by atoms with Crippen LogP contribution in [-0.2, 0) is 22.4 Å². The van der Waals surface area contributed by atoms with Gasteiger partial charge < -0.3 is 26.8 Å². The van der Waals surface area contributed by atoms with Crippen LogP contribution in [0.3, 0.4) is 0 Å². The summed E-state index contributed by atoms with van der Waals surface area (Å²) in [5.74, 6) is -5.51. The number of pyridine rings is 2. The number of nitrogens with one attached hydrogen (secondary N) is 1. The van der Waals surface area contributed by atoms with Crippen LogP contribution in [0.15, 0.2) is 134 Å². The number of benzene rings is 4. The molecule has 6 N–H and O–H groups in total. The molecule has 2 fully saturated rings. The normalized spacial score (nSPS) is 14.5. The number of thiophene rings is 2. The number of alkyl halides is 4. The number of fused-ring (bicyclic) bond motifs is 2. The quantitative estimate of drug-likeness (QED) is 0.0604. The van der Waals surface area contributed by atoms with Crippen LogP contribution in [0.1, 0.15) is 78.4 Å². The number of carboxylic acid groups (broad SMARTS) is 1. The van der Waals surface area contributed by atoms with E-state index in [4.69, 9.17) is 16.6 Å². The van der Waals surface area contributed by atoms with Gasteiger partial charge in [-0.2, -0.15) is 0 Å². The number of hydrogen-bond acceptors (Lipinski definition) is 11. The molecule has 4 aromatic heterocycles. The number of rotatable bonds is 14. The Hall–Kier alpha value is -7.57. The maximum atomic E-state index is 13.5. The number of carbonyl (C=O) groups excluding carboxylic acids is 3. The van der Waals surface area contributed by atoms with E-state index in [2.05, 4.69) is 65.5 Å². The summed E-state index contributed by atoms with van der Waals surface area (Å²) in [6.45, 7) is 4.02. The third kappa shape index (κ3) is 15.8. The topological polar surface area (TPSA) is 182 Å². The van der Waals surface area contributed by atoms with E-state index in [9.17, 15) is 36.7 Å². The summed E-state index contributed by atoms with van der Waals surface area (Å²) in [4.78, 5) is 59.9. The lowest BCUT2D eigenvalue weighted by Gasteiger charge is -2.16. The van der Waals surface area contributed by atoms with Crippen LogP contribution < -0.4 is 16.8 Å². The number of carbonyl (C=O) groups is 4. The zero-order valence-corrected chi connectivity index (χ0v) is 45.2. The van der Waals surface area contributed by atoms with Crippen LogP contribution in [0, 0.1) is 13.8 Å². The van der Waals surface area contributed by atoms with Crippen molar-refractivity contribution < 1.29 is 41.8 Å². The van der Waals surface area contributed by atoms with Gasteiger partial charge in [0.1, 0.15) is 11.6 Å². The second-order valence-electron chi connectivity index (χ2n) is 19.1. The Morgan fingerprint density at radius 1 is 0.641 bits per heavy atom. The maximum Gasteiger partial charge on any atom is 0.335 e. The third-order valence-electron chi connectivity index (χ3n) is 12.9. The van der Waals surface area contributed by atoms with Crippen molar-refractivity contribution in [1.82, 2.24) is 20.2 Å². The molecule has 1 amide bonds. The summed E-state index contributed by atoms with van der Waals surface area (Å²) in [6, 6.07) is 33.8. The average molecular weight is 1120 g/mol. The lowest BCUT2D eigenvalue weighted by atomic mass is 10.00. The Morgan fingerprint density at radius 3 is 1.49 bits per heavy atom. The Morgan fingerprint density at radius 2 is 1.12 bits per heavy atom. The average Bonchev–Trinajstić information content (AvgIpc) is 4.25. The second kappa shape index (κ2) is 25.7. The molecule has 4 aromatic carbocycles. The number of aromatic nitrogens is 2. The minimum absolute atomic E-state index is 0. The minimum Gasteiger partial charge on any atom is -0.478 e. The molecule has 404 valence electrons. The highest BCUT2D eigenvalue weighted by atomic mass is 35.5. The predicted molar refractivity (Wildman–Crippen MR) is 308 cm³/mol. The van der Waals surface area contributed by atoms with Gasteiger partial charge in [-0.15, -0.1) is 35.1 Å². The van der Waals surface area contributed by atoms with Crippen LogP contribution in [0.4, 0.5) is 29.2 Å². The summed E-state index contributed by atoms with van der Waals surface area (Å²) in [5, 5.41) is 13.9. The van der Waals surface area contributed by atoms with Gasteiger partial charge >= 0.3 is 5.97 Å². The molecule has 8 aromatic rings. The number of likely N-dealkylation sites (tertiary alicyclic amines) is 1. The number of aryl methyl sites for hydroxylation is 4. The Bertz CT molecular complexity index is 3480. The number of anilines is 2. The van der Waals surface area contributed by atoms with E-state index in [1.165, 1.54) is 14.3 Å². The summed E-state index contributed by atoms with van der Waals surface area (Å²) >= 11 is 3.41. The van der Waals surface area contributed by atoms with Gasteiger partial charge in [0, 0.05) is 75.9 Å². The standard InChI is InChI=1S/C30H27F2N3O2S.C26H22N2O3S.C4H7F2N.ClH/c1-19-14-23(21-4-6-22(7-5-21)29(37)35-13-12-30(31,32)18-35)15-24-16-26(38-28(19)24)10-9-25(36)8-2-20-3-11-27(33)34-17-20;1-16-12-20(18-4-6-19(7-5-18)26(30)31)13-21-14-23(32-25(16)21)10-9-22(29)8-2-17-3-11-24(27)28-15-17;5-4(6)1-2-7-3-4;/h2-8,11,14-17H,9-10,12-13,18H2,1H3,(H2,33,34);2-8,11-15H,9-10H2,1H3,(H2,27,28)(H,30,31);7H,1-3H2;1H/b2*8-2+;;. The van der Waals surface area contributed by atoms with Gasteiger partial charge in [0.05, 0.1) is 18.7 Å². The number of nitrogen functional groups attached to an aromatic ring is 2. The Balaban J connectivity index is 0.000000200. The molecule has 0 aliphatic carbocycles. The summed E-state index contributed by atoms with van der Waals surface area (Å²) in [6.07, 6.45) is 11.8. The molecule has 10 rings (SSSR count). The van der Waals surface area contributed by atoms with E-state index in [0.717, 1.165) is 65.0 Å². The fourth-order valence-electron chi connectivity index (χ4n) is 8.75. The summed E-state index contributed by atoms with van der Waals surface area (Å²) in [7, 11) is 0. The van der Waals surface area contributed by atoms with Gasteiger partial charge in [0.25, 0.3) is 17.8 Å². The summed E-state index contributed by atoms with van der Waals surface area (Å²) in [5.41, 5.74) is 19.8. The van der Waals surface area contributed by atoms with E-state index >= 15 is 0 Å². The van der Waals surface area contributed by atoms with Crippen molar-refractivity contribution in [1.29, 1.82) is 0 Å². The van der Waals surface area contributed by atoms with Crippen LogP contribution in [0.25, 0.3) is 54.6 Å². The van der Waals surface area contributed by atoms with E-state index < -0.39 is 24.4 Å². The van der Waals surface area contributed by atoms with Crippen molar-refractivity contribution in [2.24, 2.45) is 0 Å². The smallest absolute Gasteiger partial charge is 0.335 e. The van der Waals surface area contributed by atoms with Crippen LogP contribution in [0.5, 0.6) is 0 Å². The lowest BCUT2D eigenvalue weighted by Crippen LogP contribution is -2.31. The molecular formula is C60H57ClF4N6O5S2. The van der Waals surface area contributed by atoms with Crippen LogP contribution in [-0.4, -0.2) is 81.4 Å². The number of allylic oxidation sites excluding steroid dienone is 2. The molecule has 0 bridgehead atoms. The van der Waals surface area contributed by atoms with Gasteiger partial charge in [-0.05, 0) is 191 Å². The molecule has 0 spiro atoms. The first-order chi connectivity index (χ1) is 36.8. The number of carboxylic acids is 1. The van der Waals surface area contributed by atoms with Crippen LogP contribution >= 0.6 is 35.1 Å². The molecule has 2 saturated heterocycles. The number of ketones is 2. The van der Waals surface area contributed by atoms with Crippen molar-refractivity contribution in [3.05, 3.63) is 177 Å². The highest BCUT2D eigenvalue weighted by Crippen LogP contribution is 2.36. The van der Waals surface area contributed by atoms with E-state index in [-0.39, 0.29) is 61.4 Å². The first-order valence-corrected chi connectivity index (χ1v) is 26.5. The van der Waals surface area contributed by atoms with Gasteiger partial charge in [-0.3, -0.25) is 14.4 Å². The molecule has 11 nitrogen and oxygen atoms in total. The zero-order chi connectivity index (χ0) is 54.9. The molecule has 18 heteroatoms. The molecule has 2 aliphatic heterocycles. The number of nitrogens with zero attached hydrogens (tertiary/aromatic N) is 3. The zero-order valence-electron chi connectivity index (χ0n) is 42.7. The Labute approximate surface area is 463 Å². The van der Waals surface area contributed by atoms with E-state index in [1.807, 2.05) is 36.4 Å². The monoisotopic (exact) mass is 1120 g/mol. The molecule has 0 unspecified atom stereocenters. The number of amides is 1. The highest BCUT2D eigenvalue weighted by Gasteiger charge is 2.40. The van der Waals surface area contributed by atoms with Gasteiger partial charge in [0.15, 0.2) is 11.6 Å². The SMILES string of the molecule is Cc1cc(-c2ccc(C(=O)N3CCC(F)(F)C3)cc2)cc2cc(CCC(=O)/C=C/c3ccc(N)nc3)sc12.Cc1cc(-c2ccc(C(=O)O)cc2)cc2cc(CCC(=O)/C=C/c3ccc(N)nc3)sc12.Cl.FC1(F)CCNC1. The number of hydrogen-bond donors (Lipinski definition) is 4. The van der Waals surface area contributed by atoms with E-state index in [0.29, 0.717) is 49.4 Å². The van der Waals surface area contributed by atoms with Gasteiger partial charge in [0.2, 0.25) is 0 Å². The Kier molecular flexibility index (Phi) is 19.2. The molecule has 6 heterocycles. The fraction of sp³-hybridized carbons (Fsp3) is 0.233. The molecular weight excluding hydrogens is 1060 g/mol. The molecule has 0 atom stereocenters. The van der Waals surface area contributed by atoms with E-state index in [1.54, 1.807) is 95.8 Å². The number of aromatic carboxylic acids is 1. The van der Waals surface area contributed by atoms with Gasteiger partial charge in [-0.1, -0.05) is 24.3 Å². The molecule has 0 saturated carbocycles. The van der Waals surface area contributed by atoms with Crippen molar-refractivity contribution in [2.75, 3.05) is 37.6 Å². The van der Waals surface area contributed by atoms with Crippen LogP contribution in [0.2, 0.25) is 0 Å². The number of halogens is 5. The summed E-state index contributed by atoms with van der Waals surface area (Å²) < 4.78 is 53.2. The highest BCUT2D eigenvalue weighted by molar-refractivity contribution is 7.19. The van der Waals surface area contributed by atoms with Crippen molar-refractivity contribution in [3.8, 4) is 22.3 Å². The fourth-order valence-corrected chi connectivity index (χ4v) is 11.0. The lowest BCUT2D eigenvalue weighted by molar-refractivity contribution is -0.115. The first-order valence-electron chi connectivity index (χ1n) is 24.9. The number of nitrogens with two attached hydrogens (primary N) is 2. The minimum atomic E-state index is -2.80. The molecule has 2 aliphatic rings. The molecule has 0 radical (unpaired) electrons. The molecule has 78 heavy (non-hydrogen) atoms. The maximum absolute atomic E-state index is 13.5. The predicted octanol–water partition coefficient (Wildman–Crippen LogP) is 13.4. The first kappa shape index (κ1) is 58.1. The van der Waals surface area contributed by atoms with Crippen molar-refractivity contribution >= 4 is 102 Å².